The van der Waals surface area contributed by atoms with E-state index in [0.717, 1.165) is 25.7 Å². The van der Waals surface area contributed by atoms with Crippen molar-refractivity contribution in [2.45, 2.75) is 57.0 Å². The van der Waals surface area contributed by atoms with Crippen molar-refractivity contribution in [3.63, 3.8) is 0 Å². The first-order valence-corrected chi connectivity index (χ1v) is 5.79. The quantitative estimate of drug-likeness (QED) is 0.618. The fourth-order valence-corrected chi connectivity index (χ4v) is 2.07. The Balaban J connectivity index is 2.78. The minimum atomic E-state index is -1.10. The molecule has 1 amide bonds. The minimum absolute atomic E-state index is 0.385. The number of carbonyl (C=O) groups excluding carboxylic acids is 1. The second-order valence-electron chi connectivity index (χ2n) is 4.58. The van der Waals surface area contributed by atoms with Crippen molar-refractivity contribution in [3.8, 4) is 0 Å². The van der Waals surface area contributed by atoms with Crippen LogP contribution in [0.3, 0.4) is 0 Å². The number of amides is 1. The maximum Gasteiger partial charge on any atom is 0.329 e. The van der Waals surface area contributed by atoms with Gasteiger partial charge in [-0.3, -0.25) is 4.79 Å². The van der Waals surface area contributed by atoms with E-state index in [0.29, 0.717) is 12.8 Å². The molecule has 1 aliphatic rings. The summed E-state index contributed by atoms with van der Waals surface area (Å²) in [5.41, 5.74) is 4.35. The number of carboxylic acids is 1. The van der Waals surface area contributed by atoms with E-state index in [1.165, 1.54) is 0 Å². The fraction of sp³-hybridized carbons (Fsp3) is 0.818. The molecule has 92 valence electrons. The van der Waals surface area contributed by atoms with Gasteiger partial charge in [0.1, 0.15) is 5.54 Å². The zero-order chi connectivity index (χ0) is 12.2. The first-order chi connectivity index (χ1) is 7.48. The summed E-state index contributed by atoms with van der Waals surface area (Å²) in [5, 5.41) is 11.9. The average molecular weight is 228 g/mol. The number of carboxylic acid groups (broad SMARTS) is 1. The van der Waals surface area contributed by atoms with E-state index in [9.17, 15) is 14.7 Å². The lowest BCUT2D eigenvalue weighted by molar-refractivity contribution is -0.148. The first kappa shape index (κ1) is 13.0. The second-order valence-corrected chi connectivity index (χ2v) is 4.58. The molecule has 0 heterocycles. The third kappa shape index (κ3) is 2.95. The number of nitrogens with two attached hydrogens (primary N) is 1. The zero-order valence-electron chi connectivity index (χ0n) is 9.66. The van der Waals surface area contributed by atoms with Gasteiger partial charge in [-0.15, -0.1) is 0 Å². The number of aliphatic carboxylic acids is 1. The highest BCUT2D eigenvalue weighted by molar-refractivity contribution is 5.89. The molecule has 0 aromatic carbocycles. The lowest BCUT2D eigenvalue weighted by Gasteiger charge is -2.30. The Hall–Kier alpha value is -1.10. The highest BCUT2D eigenvalue weighted by atomic mass is 16.4. The maximum atomic E-state index is 11.5. The van der Waals surface area contributed by atoms with E-state index < -0.39 is 17.6 Å². The van der Waals surface area contributed by atoms with Crippen LogP contribution in [0.2, 0.25) is 0 Å². The van der Waals surface area contributed by atoms with Gasteiger partial charge >= 0.3 is 5.97 Å². The van der Waals surface area contributed by atoms with Gasteiger partial charge < -0.3 is 16.2 Å². The molecule has 16 heavy (non-hydrogen) atoms. The SMILES string of the molecule is C[C@H](N)C(=O)NC1(C(=O)O)CCCCCC1. The van der Waals surface area contributed by atoms with Crippen LogP contribution in [0.5, 0.6) is 0 Å². The van der Waals surface area contributed by atoms with Crippen LogP contribution in [0.1, 0.15) is 45.4 Å². The van der Waals surface area contributed by atoms with Gasteiger partial charge in [0, 0.05) is 0 Å². The zero-order valence-corrected chi connectivity index (χ0v) is 9.66. The van der Waals surface area contributed by atoms with Crippen molar-refractivity contribution in [2.75, 3.05) is 0 Å². The standard InChI is InChI=1S/C11H20N2O3/c1-8(12)9(14)13-11(10(15)16)6-4-2-3-5-7-11/h8H,2-7,12H2,1H3,(H,13,14)(H,15,16)/t8-/m0/s1. The summed E-state index contributed by atoms with van der Waals surface area (Å²) < 4.78 is 0. The molecule has 5 nitrogen and oxygen atoms in total. The summed E-state index contributed by atoms with van der Waals surface area (Å²) in [5.74, 6) is -1.33. The fourth-order valence-electron chi connectivity index (χ4n) is 2.07. The molecule has 4 N–H and O–H groups in total. The molecular formula is C11H20N2O3. The lowest BCUT2D eigenvalue weighted by Crippen LogP contribution is -2.57. The molecule has 1 aliphatic carbocycles. The molecule has 0 spiro atoms. The van der Waals surface area contributed by atoms with Gasteiger partial charge in [0.25, 0.3) is 0 Å². The average Bonchev–Trinajstić information content (AvgIpc) is 2.44. The van der Waals surface area contributed by atoms with E-state index in [1.807, 2.05) is 0 Å². The Bertz CT molecular complexity index is 266. The number of carbonyl (C=O) groups is 2. The summed E-state index contributed by atoms with van der Waals surface area (Å²) in [6, 6.07) is -0.667. The van der Waals surface area contributed by atoms with E-state index >= 15 is 0 Å². The van der Waals surface area contributed by atoms with Crippen molar-refractivity contribution >= 4 is 11.9 Å². The van der Waals surface area contributed by atoms with Gasteiger partial charge in [-0.1, -0.05) is 25.7 Å². The molecule has 1 rings (SSSR count). The molecular weight excluding hydrogens is 208 g/mol. The van der Waals surface area contributed by atoms with Crippen molar-refractivity contribution in [3.05, 3.63) is 0 Å². The van der Waals surface area contributed by atoms with Gasteiger partial charge in [-0.2, -0.15) is 0 Å². The molecule has 0 saturated heterocycles. The monoisotopic (exact) mass is 228 g/mol. The Labute approximate surface area is 95.4 Å². The molecule has 1 saturated carbocycles. The molecule has 1 fully saturated rings. The summed E-state index contributed by atoms with van der Waals surface area (Å²) in [7, 11) is 0. The van der Waals surface area contributed by atoms with Crippen LogP contribution in [-0.4, -0.2) is 28.6 Å². The van der Waals surface area contributed by atoms with Crippen molar-refractivity contribution in [1.82, 2.24) is 5.32 Å². The highest BCUT2D eigenvalue weighted by Gasteiger charge is 2.40. The van der Waals surface area contributed by atoms with Crippen LogP contribution in [0, 0.1) is 0 Å². The molecule has 5 heteroatoms. The Morgan fingerprint density at radius 3 is 2.12 bits per heavy atom. The summed E-state index contributed by atoms with van der Waals surface area (Å²) in [6.45, 7) is 1.56. The Kier molecular flexibility index (Phi) is 4.29. The molecule has 0 aromatic rings. The molecule has 1 atom stereocenters. The van der Waals surface area contributed by atoms with Gasteiger partial charge in [-0.25, -0.2) is 4.79 Å². The second kappa shape index (κ2) is 5.30. The molecule has 0 aliphatic heterocycles. The normalized spacial score (nSPS) is 21.9. The largest absolute Gasteiger partial charge is 0.480 e. The number of hydrogen-bond acceptors (Lipinski definition) is 3. The summed E-state index contributed by atoms with van der Waals surface area (Å²) in [4.78, 5) is 22.9. The summed E-state index contributed by atoms with van der Waals surface area (Å²) >= 11 is 0. The topological polar surface area (TPSA) is 92.4 Å². The van der Waals surface area contributed by atoms with Gasteiger partial charge in [0.2, 0.25) is 5.91 Å². The van der Waals surface area contributed by atoms with Crippen LogP contribution >= 0.6 is 0 Å². The lowest BCUT2D eigenvalue weighted by atomic mass is 9.90. The predicted octanol–water partition coefficient (Wildman–Crippen LogP) is 0.627. The van der Waals surface area contributed by atoms with Gasteiger partial charge in [0.15, 0.2) is 0 Å². The first-order valence-electron chi connectivity index (χ1n) is 5.79. The Morgan fingerprint density at radius 2 is 1.75 bits per heavy atom. The molecule has 0 bridgehead atoms. The number of nitrogens with one attached hydrogen (secondary N) is 1. The van der Waals surface area contributed by atoms with Crippen molar-refractivity contribution < 1.29 is 14.7 Å². The molecule has 0 unspecified atom stereocenters. The van der Waals surface area contributed by atoms with Crippen LogP contribution in [0.25, 0.3) is 0 Å². The van der Waals surface area contributed by atoms with Crippen LogP contribution in [0.4, 0.5) is 0 Å². The van der Waals surface area contributed by atoms with Gasteiger partial charge in [-0.05, 0) is 19.8 Å². The van der Waals surface area contributed by atoms with Crippen molar-refractivity contribution in [2.24, 2.45) is 5.73 Å². The smallest absolute Gasteiger partial charge is 0.329 e. The molecule has 0 radical (unpaired) electrons. The minimum Gasteiger partial charge on any atom is -0.480 e. The van der Waals surface area contributed by atoms with Crippen molar-refractivity contribution in [1.29, 1.82) is 0 Å². The molecule has 0 aromatic heterocycles. The van der Waals surface area contributed by atoms with Gasteiger partial charge in [0.05, 0.1) is 6.04 Å². The van der Waals surface area contributed by atoms with E-state index in [-0.39, 0.29) is 5.91 Å². The number of rotatable bonds is 3. The highest BCUT2D eigenvalue weighted by Crippen LogP contribution is 2.27. The van der Waals surface area contributed by atoms with Crippen LogP contribution < -0.4 is 11.1 Å². The van der Waals surface area contributed by atoms with Crippen LogP contribution in [0.15, 0.2) is 0 Å². The maximum absolute atomic E-state index is 11.5. The summed E-state index contributed by atoms with van der Waals surface area (Å²) in [6.07, 6.45) is 4.74. The number of hydrogen-bond donors (Lipinski definition) is 3. The van der Waals surface area contributed by atoms with E-state index in [2.05, 4.69) is 5.32 Å². The predicted molar refractivity (Wildman–Crippen MR) is 59.9 cm³/mol. The Morgan fingerprint density at radius 1 is 1.25 bits per heavy atom. The third-order valence-corrected chi connectivity index (χ3v) is 3.14. The van der Waals surface area contributed by atoms with Crippen LogP contribution in [-0.2, 0) is 9.59 Å². The third-order valence-electron chi connectivity index (χ3n) is 3.14. The van der Waals surface area contributed by atoms with E-state index in [4.69, 9.17) is 5.73 Å². The van der Waals surface area contributed by atoms with E-state index in [1.54, 1.807) is 6.92 Å².